The molecular formula is C26H27N5O5S. The molecule has 0 fully saturated rings. The number of ether oxygens (including phenoxy) is 3. The molecule has 0 unspecified atom stereocenters. The van der Waals surface area contributed by atoms with Crippen LogP contribution in [0, 0.1) is 6.92 Å². The summed E-state index contributed by atoms with van der Waals surface area (Å²) in [5.74, 6) is 2.55. The highest BCUT2D eigenvalue weighted by atomic mass is 32.2. The van der Waals surface area contributed by atoms with Crippen LogP contribution in [0.25, 0.3) is 0 Å². The van der Waals surface area contributed by atoms with Gasteiger partial charge in [-0.1, -0.05) is 0 Å². The first-order valence-electron chi connectivity index (χ1n) is 11.2. The summed E-state index contributed by atoms with van der Waals surface area (Å²) in [4.78, 5) is 9.01. The Labute approximate surface area is 215 Å². The van der Waals surface area contributed by atoms with Gasteiger partial charge in [-0.15, -0.1) is 0 Å². The number of aromatic nitrogens is 2. The molecule has 0 aliphatic heterocycles. The summed E-state index contributed by atoms with van der Waals surface area (Å²) in [7, 11) is 0.718. The molecule has 0 saturated carbocycles. The Morgan fingerprint density at radius 2 is 1.30 bits per heavy atom. The van der Waals surface area contributed by atoms with Crippen LogP contribution in [0.4, 0.5) is 28.8 Å². The number of nitrogens with one attached hydrogen (secondary N) is 3. The number of aryl methyl sites for hydroxylation is 1. The van der Waals surface area contributed by atoms with Crippen LogP contribution < -0.4 is 29.6 Å². The molecule has 0 bridgehead atoms. The van der Waals surface area contributed by atoms with E-state index in [9.17, 15) is 8.42 Å². The van der Waals surface area contributed by atoms with Crippen molar-refractivity contribution in [3.05, 3.63) is 78.5 Å². The van der Waals surface area contributed by atoms with Crippen LogP contribution in [0.5, 0.6) is 17.2 Å². The first-order chi connectivity index (χ1) is 17.8. The smallest absolute Gasteiger partial charge is 0.262 e. The van der Waals surface area contributed by atoms with E-state index in [-0.39, 0.29) is 4.90 Å². The first-order valence-corrected chi connectivity index (χ1v) is 12.7. The molecule has 3 aromatic carbocycles. The molecule has 37 heavy (non-hydrogen) atoms. The fourth-order valence-corrected chi connectivity index (χ4v) is 4.53. The number of hydrogen-bond acceptors (Lipinski definition) is 9. The van der Waals surface area contributed by atoms with Gasteiger partial charge in [-0.2, -0.15) is 4.98 Å². The highest BCUT2D eigenvalue weighted by molar-refractivity contribution is 7.92. The number of sulfonamides is 1. The minimum absolute atomic E-state index is 0.0531. The Balaban J connectivity index is 1.45. The standard InChI is InChI=1S/C26H27N5O5S/c1-17-15-25(28-18-9-11-21(34-2)12-10-18)30-26(27-17)29-19-5-7-20(8-6-19)31-37(32,33)22-13-14-23(35-3)24(16-22)36-4/h5-16,31H,1-4H3,(H2,27,28,29,30). The normalized spacial score (nSPS) is 10.9. The predicted molar refractivity (Wildman–Crippen MR) is 143 cm³/mol. The van der Waals surface area contributed by atoms with Crippen LogP contribution in [0.1, 0.15) is 5.69 Å². The number of hydrogen-bond donors (Lipinski definition) is 3. The van der Waals surface area contributed by atoms with Crippen LogP contribution in [0.2, 0.25) is 0 Å². The second-order valence-corrected chi connectivity index (χ2v) is 9.58. The molecule has 0 aliphatic carbocycles. The van der Waals surface area contributed by atoms with E-state index < -0.39 is 10.0 Å². The van der Waals surface area contributed by atoms with E-state index in [2.05, 4.69) is 25.3 Å². The summed E-state index contributed by atoms with van der Waals surface area (Å²) in [6.45, 7) is 1.87. The molecule has 10 nitrogen and oxygen atoms in total. The number of methoxy groups -OCH3 is 3. The van der Waals surface area contributed by atoms with Gasteiger partial charge in [0, 0.05) is 34.9 Å². The molecule has 0 radical (unpaired) electrons. The van der Waals surface area contributed by atoms with Gasteiger partial charge in [-0.3, -0.25) is 4.72 Å². The van der Waals surface area contributed by atoms with Gasteiger partial charge in [0.15, 0.2) is 11.5 Å². The Bertz CT molecular complexity index is 1480. The van der Waals surface area contributed by atoms with Gasteiger partial charge >= 0.3 is 0 Å². The second kappa shape index (κ2) is 11.0. The van der Waals surface area contributed by atoms with Crippen molar-refractivity contribution in [3.8, 4) is 17.2 Å². The predicted octanol–water partition coefficient (Wildman–Crippen LogP) is 5.10. The minimum atomic E-state index is -3.83. The first kappa shape index (κ1) is 25.6. The average Bonchev–Trinajstić information content (AvgIpc) is 2.89. The number of nitrogens with zero attached hydrogens (tertiary/aromatic N) is 2. The molecule has 3 N–H and O–H groups in total. The Kier molecular flexibility index (Phi) is 7.63. The van der Waals surface area contributed by atoms with E-state index in [4.69, 9.17) is 14.2 Å². The molecule has 11 heteroatoms. The van der Waals surface area contributed by atoms with Crippen LogP contribution in [-0.4, -0.2) is 39.7 Å². The zero-order chi connectivity index (χ0) is 26.4. The van der Waals surface area contributed by atoms with Crippen molar-refractivity contribution in [2.45, 2.75) is 11.8 Å². The average molecular weight is 522 g/mol. The molecular weight excluding hydrogens is 494 g/mol. The highest BCUT2D eigenvalue weighted by Crippen LogP contribution is 2.30. The maximum atomic E-state index is 12.8. The second-order valence-electron chi connectivity index (χ2n) is 7.90. The van der Waals surface area contributed by atoms with Gasteiger partial charge in [-0.25, -0.2) is 13.4 Å². The van der Waals surface area contributed by atoms with Crippen molar-refractivity contribution in [2.75, 3.05) is 36.7 Å². The lowest BCUT2D eigenvalue weighted by Crippen LogP contribution is -2.13. The van der Waals surface area contributed by atoms with Crippen molar-refractivity contribution < 1.29 is 22.6 Å². The lowest BCUT2D eigenvalue weighted by atomic mass is 10.3. The van der Waals surface area contributed by atoms with Crippen LogP contribution in [0.15, 0.2) is 77.7 Å². The highest BCUT2D eigenvalue weighted by Gasteiger charge is 2.17. The summed E-state index contributed by atoms with van der Waals surface area (Å²) >= 11 is 0. The molecule has 1 aromatic heterocycles. The topological polar surface area (TPSA) is 124 Å². The van der Waals surface area contributed by atoms with Crippen molar-refractivity contribution in [1.82, 2.24) is 9.97 Å². The third-order valence-corrected chi connectivity index (χ3v) is 6.65. The van der Waals surface area contributed by atoms with E-state index >= 15 is 0 Å². The zero-order valence-electron chi connectivity index (χ0n) is 20.8. The van der Waals surface area contributed by atoms with Gasteiger partial charge in [-0.05, 0) is 67.6 Å². The van der Waals surface area contributed by atoms with Crippen LogP contribution in [0.3, 0.4) is 0 Å². The third-order valence-electron chi connectivity index (χ3n) is 5.28. The van der Waals surface area contributed by atoms with Crippen molar-refractivity contribution >= 4 is 38.9 Å². The molecule has 4 aromatic rings. The maximum absolute atomic E-state index is 12.8. The summed E-state index contributed by atoms with van der Waals surface area (Å²) in [5.41, 5.74) is 2.71. The summed E-state index contributed by atoms with van der Waals surface area (Å²) in [6, 6.07) is 20.5. The summed E-state index contributed by atoms with van der Waals surface area (Å²) in [6.07, 6.45) is 0. The molecule has 0 spiro atoms. The largest absolute Gasteiger partial charge is 0.497 e. The lowest BCUT2D eigenvalue weighted by molar-refractivity contribution is 0.354. The van der Waals surface area contributed by atoms with Crippen molar-refractivity contribution in [1.29, 1.82) is 0 Å². The Morgan fingerprint density at radius 1 is 0.676 bits per heavy atom. The van der Waals surface area contributed by atoms with Crippen LogP contribution in [-0.2, 0) is 10.0 Å². The summed E-state index contributed by atoms with van der Waals surface area (Å²) in [5, 5.41) is 6.40. The lowest BCUT2D eigenvalue weighted by Gasteiger charge is -2.13. The molecule has 4 rings (SSSR count). The Hall–Kier alpha value is -4.51. The molecule has 0 amide bonds. The van der Waals surface area contributed by atoms with Gasteiger partial charge in [0.25, 0.3) is 10.0 Å². The van der Waals surface area contributed by atoms with Crippen LogP contribution >= 0.6 is 0 Å². The van der Waals surface area contributed by atoms with E-state index in [1.165, 1.54) is 26.4 Å². The van der Waals surface area contributed by atoms with Gasteiger partial charge in [0.05, 0.1) is 26.2 Å². The Morgan fingerprint density at radius 3 is 1.95 bits per heavy atom. The SMILES string of the molecule is COc1ccc(Nc2cc(C)nc(Nc3ccc(NS(=O)(=O)c4ccc(OC)c(OC)c4)cc3)n2)cc1. The van der Waals surface area contributed by atoms with E-state index in [1.807, 2.05) is 37.3 Å². The molecule has 1 heterocycles. The van der Waals surface area contributed by atoms with E-state index in [0.717, 1.165) is 17.1 Å². The fraction of sp³-hybridized carbons (Fsp3) is 0.154. The molecule has 192 valence electrons. The van der Waals surface area contributed by atoms with E-state index in [1.54, 1.807) is 37.4 Å². The third kappa shape index (κ3) is 6.39. The van der Waals surface area contributed by atoms with Gasteiger partial charge in [0.2, 0.25) is 5.95 Å². The molecule has 0 aliphatic rings. The van der Waals surface area contributed by atoms with Gasteiger partial charge < -0.3 is 24.8 Å². The monoisotopic (exact) mass is 521 g/mol. The molecule has 0 atom stereocenters. The van der Waals surface area contributed by atoms with Crippen molar-refractivity contribution in [2.24, 2.45) is 0 Å². The zero-order valence-corrected chi connectivity index (χ0v) is 21.6. The summed E-state index contributed by atoms with van der Waals surface area (Å²) < 4.78 is 43.8. The van der Waals surface area contributed by atoms with Gasteiger partial charge in [0.1, 0.15) is 11.6 Å². The maximum Gasteiger partial charge on any atom is 0.262 e. The van der Waals surface area contributed by atoms with Crippen molar-refractivity contribution in [3.63, 3.8) is 0 Å². The number of anilines is 5. The quantitative estimate of drug-likeness (QED) is 0.261. The number of benzene rings is 3. The minimum Gasteiger partial charge on any atom is -0.497 e. The fourth-order valence-electron chi connectivity index (χ4n) is 3.46. The molecule has 0 saturated heterocycles. The van der Waals surface area contributed by atoms with E-state index in [0.29, 0.717) is 34.6 Å². The number of rotatable bonds is 10.